The number of nitrogens with zero attached hydrogens (tertiary/aromatic N) is 1. The molecular formula is C13H24N4O3. The van der Waals surface area contributed by atoms with Crippen molar-refractivity contribution >= 4 is 17.6 Å². The summed E-state index contributed by atoms with van der Waals surface area (Å²) >= 11 is 0. The Hall–Kier alpha value is -1.79. The predicted molar refractivity (Wildman–Crippen MR) is 75.2 cm³/mol. The van der Waals surface area contributed by atoms with E-state index in [0.29, 0.717) is 19.4 Å². The van der Waals surface area contributed by atoms with Crippen molar-refractivity contribution in [1.29, 1.82) is 0 Å². The smallest absolute Gasteiger partial charge is 0.234 e. The van der Waals surface area contributed by atoms with Gasteiger partial charge in [-0.25, -0.2) is 0 Å². The van der Waals surface area contributed by atoms with Crippen LogP contribution in [0.1, 0.15) is 46.0 Å². The summed E-state index contributed by atoms with van der Waals surface area (Å²) in [4.78, 5) is 23.8. The number of nitrogens with one attached hydrogen (secondary N) is 2. The Labute approximate surface area is 119 Å². The molecule has 0 aromatic carbocycles. The molecule has 114 valence electrons. The van der Waals surface area contributed by atoms with Gasteiger partial charge in [0.1, 0.15) is 5.41 Å². The van der Waals surface area contributed by atoms with Gasteiger partial charge in [0, 0.05) is 13.0 Å². The van der Waals surface area contributed by atoms with Gasteiger partial charge in [0.15, 0.2) is 5.84 Å². The molecule has 0 aromatic heterocycles. The van der Waals surface area contributed by atoms with Crippen molar-refractivity contribution in [2.75, 3.05) is 6.54 Å². The van der Waals surface area contributed by atoms with Crippen LogP contribution in [0.2, 0.25) is 0 Å². The molecule has 7 heteroatoms. The summed E-state index contributed by atoms with van der Waals surface area (Å²) in [6, 6.07) is -0.227. The van der Waals surface area contributed by atoms with Crippen molar-refractivity contribution in [3.8, 4) is 0 Å². The quantitative estimate of drug-likeness (QED) is 0.233. The number of nitrogens with two attached hydrogens (primary N) is 1. The van der Waals surface area contributed by atoms with Crippen LogP contribution in [-0.4, -0.2) is 35.4 Å². The fourth-order valence-corrected chi connectivity index (χ4v) is 2.70. The largest absolute Gasteiger partial charge is 0.409 e. The van der Waals surface area contributed by atoms with Crippen molar-refractivity contribution in [3.05, 3.63) is 0 Å². The van der Waals surface area contributed by atoms with Gasteiger partial charge >= 0.3 is 0 Å². The van der Waals surface area contributed by atoms with Crippen LogP contribution in [0.15, 0.2) is 5.16 Å². The highest BCUT2D eigenvalue weighted by atomic mass is 16.4. The monoisotopic (exact) mass is 284 g/mol. The number of carbonyl (C=O) groups is 2. The van der Waals surface area contributed by atoms with Crippen LogP contribution in [0.4, 0.5) is 0 Å². The average Bonchev–Trinajstić information content (AvgIpc) is 2.82. The molecule has 1 atom stereocenters. The lowest BCUT2D eigenvalue weighted by molar-refractivity contribution is -0.129. The lowest BCUT2D eigenvalue weighted by Crippen LogP contribution is -2.52. The zero-order valence-corrected chi connectivity index (χ0v) is 12.1. The van der Waals surface area contributed by atoms with E-state index in [9.17, 15) is 9.59 Å². The third kappa shape index (κ3) is 3.40. The molecule has 7 nitrogen and oxygen atoms in total. The highest BCUT2D eigenvalue weighted by Crippen LogP contribution is 2.31. The van der Waals surface area contributed by atoms with Crippen molar-refractivity contribution in [1.82, 2.24) is 10.6 Å². The van der Waals surface area contributed by atoms with Gasteiger partial charge in [0.25, 0.3) is 0 Å². The van der Waals surface area contributed by atoms with Gasteiger partial charge in [0.05, 0.1) is 6.04 Å². The molecule has 1 fully saturated rings. The molecule has 1 rings (SSSR count). The number of amides is 2. The summed E-state index contributed by atoms with van der Waals surface area (Å²) in [5.41, 5.74) is 4.79. The van der Waals surface area contributed by atoms with E-state index in [4.69, 9.17) is 10.9 Å². The Morgan fingerprint density at radius 1 is 1.50 bits per heavy atom. The van der Waals surface area contributed by atoms with Crippen LogP contribution in [0.5, 0.6) is 0 Å². The third-order valence-corrected chi connectivity index (χ3v) is 3.70. The van der Waals surface area contributed by atoms with Crippen LogP contribution >= 0.6 is 0 Å². The molecule has 5 N–H and O–H groups in total. The van der Waals surface area contributed by atoms with E-state index < -0.39 is 5.41 Å². The Balaban J connectivity index is 2.90. The molecule has 20 heavy (non-hydrogen) atoms. The second kappa shape index (κ2) is 7.12. The zero-order chi connectivity index (χ0) is 15.2. The van der Waals surface area contributed by atoms with Gasteiger partial charge in [-0.15, -0.1) is 0 Å². The predicted octanol–water partition coefficient (Wildman–Crippen LogP) is 0.324. The van der Waals surface area contributed by atoms with E-state index in [1.54, 1.807) is 0 Å². The number of carbonyl (C=O) groups excluding carboxylic acids is 2. The van der Waals surface area contributed by atoms with Crippen LogP contribution < -0.4 is 16.4 Å². The Morgan fingerprint density at radius 2 is 2.10 bits per heavy atom. The lowest BCUT2D eigenvalue weighted by atomic mass is 9.77. The molecule has 2 amide bonds. The first-order chi connectivity index (χ1) is 9.50. The minimum absolute atomic E-state index is 0.0593. The number of rotatable bonds is 7. The molecule has 0 aromatic rings. The van der Waals surface area contributed by atoms with E-state index >= 15 is 0 Å². The second-order valence-corrected chi connectivity index (χ2v) is 5.25. The van der Waals surface area contributed by atoms with Crippen LogP contribution in [0, 0.1) is 5.41 Å². The number of hydrogen-bond donors (Lipinski definition) is 4. The van der Waals surface area contributed by atoms with E-state index in [-0.39, 0.29) is 30.1 Å². The number of amidine groups is 1. The topological polar surface area (TPSA) is 117 Å². The van der Waals surface area contributed by atoms with Crippen LogP contribution in [0.3, 0.4) is 0 Å². The summed E-state index contributed by atoms with van der Waals surface area (Å²) in [5, 5.41) is 17.6. The molecule has 1 heterocycles. The van der Waals surface area contributed by atoms with Gasteiger partial charge in [-0.05, 0) is 12.8 Å². The van der Waals surface area contributed by atoms with Gasteiger partial charge in [0.2, 0.25) is 11.8 Å². The SMILES string of the molecule is CCCC(CCC)(C(=O)NC1CNC(=O)C1)C(N)=NO. The highest BCUT2D eigenvalue weighted by molar-refractivity contribution is 6.07. The van der Waals surface area contributed by atoms with Crippen molar-refractivity contribution < 1.29 is 14.8 Å². The first-order valence-corrected chi connectivity index (χ1v) is 7.05. The van der Waals surface area contributed by atoms with Crippen molar-refractivity contribution in [2.24, 2.45) is 16.3 Å². The normalized spacial score (nSPS) is 19.8. The Morgan fingerprint density at radius 3 is 2.50 bits per heavy atom. The summed E-state index contributed by atoms with van der Waals surface area (Å²) in [6.07, 6.45) is 2.78. The molecule has 1 unspecified atom stereocenters. The van der Waals surface area contributed by atoms with Gasteiger partial charge < -0.3 is 21.6 Å². The molecule has 0 aliphatic carbocycles. The minimum Gasteiger partial charge on any atom is -0.409 e. The molecule has 0 radical (unpaired) electrons. The van der Waals surface area contributed by atoms with E-state index in [0.717, 1.165) is 12.8 Å². The van der Waals surface area contributed by atoms with Gasteiger partial charge in [-0.1, -0.05) is 31.8 Å². The lowest BCUT2D eigenvalue weighted by Gasteiger charge is -2.31. The van der Waals surface area contributed by atoms with Crippen molar-refractivity contribution in [2.45, 2.75) is 52.0 Å². The molecule has 1 aliphatic rings. The van der Waals surface area contributed by atoms with E-state index in [1.165, 1.54) is 0 Å². The average molecular weight is 284 g/mol. The summed E-state index contributed by atoms with van der Waals surface area (Å²) in [5.74, 6) is -0.398. The van der Waals surface area contributed by atoms with Crippen molar-refractivity contribution in [3.63, 3.8) is 0 Å². The highest BCUT2D eigenvalue weighted by Gasteiger charge is 2.42. The molecule has 0 bridgehead atoms. The minimum atomic E-state index is -0.996. The first kappa shape index (κ1) is 16.3. The maximum absolute atomic E-state index is 12.6. The molecule has 0 spiro atoms. The van der Waals surface area contributed by atoms with Gasteiger partial charge in [-0.3, -0.25) is 9.59 Å². The van der Waals surface area contributed by atoms with E-state index in [2.05, 4.69) is 15.8 Å². The fourth-order valence-electron chi connectivity index (χ4n) is 2.70. The Bertz CT molecular complexity index is 389. The molecule has 0 saturated carbocycles. The summed E-state index contributed by atoms with van der Waals surface area (Å²) in [7, 11) is 0. The number of hydrogen-bond acceptors (Lipinski definition) is 4. The Kier molecular flexibility index (Phi) is 5.79. The second-order valence-electron chi connectivity index (χ2n) is 5.25. The van der Waals surface area contributed by atoms with Crippen LogP contribution in [0.25, 0.3) is 0 Å². The first-order valence-electron chi connectivity index (χ1n) is 7.05. The fraction of sp³-hybridized carbons (Fsp3) is 0.769. The summed E-state index contributed by atoms with van der Waals surface area (Å²) in [6.45, 7) is 4.32. The van der Waals surface area contributed by atoms with E-state index in [1.807, 2.05) is 13.8 Å². The zero-order valence-electron chi connectivity index (χ0n) is 12.1. The molecular weight excluding hydrogens is 260 g/mol. The number of oxime groups is 1. The summed E-state index contributed by atoms with van der Waals surface area (Å²) < 4.78 is 0. The maximum Gasteiger partial charge on any atom is 0.234 e. The molecule has 1 aliphatic heterocycles. The third-order valence-electron chi connectivity index (χ3n) is 3.70. The van der Waals surface area contributed by atoms with Crippen LogP contribution in [-0.2, 0) is 9.59 Å². The standard InChI is InChI=1S/C13H24N4O3/c1-3-5-13(6-4-2,11(14)17-20)12(19)16-9-7-10(18)15-8-9/h9,20H,3-8H2,1-2H3,(H2,14,17)(H,15,18)(H,16,19). The maximum atomic E-state index is 12.6. The van der Waals surface area contributed by atoms with Gasteiger partial charge in [-0.2, -0.15) is 0 Å². The molecule has 1 saturated heterocycles.